The van der Waals surface area contributed by atoms with Gasteiger partial charge in [0, 0.05) is 25.6 Å². The zero-order valence-corrected chi connectivity index (χ0v) is 9.44. The summed E-state index contributed by atoms with van der Waals surface area (Å²) in [4.78, 5) is 2.22. The first-order valence-corrected chi connectivity index (χ1v) is 5.36. The number of hydrogen-bond donors (Lipinski definition) is 3. The Morgan fingerprint density at radius 2 is 2.33 bits per heavy atom. The van der Waals surface area contributed by atoms with Gasteiger partial charge >= 0.3 is 0 Å². The third kappa shape index (κ3) is 3.77. The van der Waals surface area contributed by atoms with E-state index in [1.807, 2.05) is 13.8 Å². The Balaban J connectivity index is 2.49. The van der Waals surface area contributed by atoms with E-state index in [0.29, 0.717) is 6.42 Å². The van der Waals surface area contributed by atoms with Gasteiger partial charge in [-0.1, -0.05) is 0 Å². The van der Waals surface area contributed by atoms with Gasteiger partial charge in [0.2, 0.25) is 0 Å². The summed E-state index contributed by atoms with van der Waals surface area (Å²) in [6.07, 6.45) is 0.596. The minimum Gasteiger partial charge on any atom is -0.394 e. The molecule has 0 aliphatic carbocycles. The molecule has 3 unspecified atom stereocenters. The van der Waals surface area contributed by atoms with Crippen molar-refractivity contribution in [3.63, 3.8) is 0 Å². The molecule has 0 aromatic rings. The molecule has 1 aliphatic heterocycles. The average Bonchev–Trinajstić information content (AvgIpc) is 2.15. The van der Waals surface area contributed by atoms with Crippen LogP contribution in [0.15, 0.2) is 0 Å². The van der Waals surface area contributed by atoms with Crippen molar-refractivity contribution in [1.29, 1.82) is 5.41 Å². The van der Waals surface area contributed by atoms with Crippen LogP contribution in [0.2, 0.25) is 0 Å². The second-order valence-corrected chi connectivity index (χ2v) is 4.28. The normalized spacial score (nSPS) is 30.1. The zero-order chi connectivity index (χ0) is 11.4. The number of nitrogens with zero attached hydrogens (tertiary/aromatic N) is 1. The molecule has 5 heteroatoms. The second-order valence-electron chi connectivity index (χ2n) is 4.28. The van der Waals surface area contributed by atoms with Crippen LogP contribution in [-0.2, 0) is 4.74 Å². The van der Waals surface area contributed by atoms with Crippen molar-refractivity contribution < 1.29 is 9.84 Å². The highest BCUT2D eigenvalue weighted by Crippen LogP contribution is 2.15. The number of nitrogens with two attached hydrogens (primary N) is 1. The Bertz CT molecular complexity index is 223. The van der Waals surface area contributed by atoms with Crippen LogP contribution < -0.4 is 5.73 Å². The van der Waals surface area contributed by atoms with Crippen molar-refractivity contribution in [1.82, 2.24) is 4.90 Å². The molecule has 3 atom stereocenters. The Hall–Kier alpha value is -0.650. The van der Waals surface area contributed by atoms with Crippen molar-refractivity contribution >= 4 is 5.84 Å². The van der Waals surface area contributed by atoms with Gasteiger partial charge in [-0.15, -0.1) is 0 Å². The number of rotatable bonds is 4. The lowest BCUT2D eigenvalue weighted by Crippen LogP contribution is -2.51. The van der Waals surface area contributed by atoms with Gasteiger partial charge in [-0.05, 0) is 13.8 Å². The van der Waals surface area contributed by atoms with Gasteiger partial charge < -0.3 is 15.6 Å². The van der Waals surface area contributed by atoms with Crippen molar-refractivity contribution in [3.05, 3.63) is 0 Å². The lowest BCUT2D eigenvalue weighted by atomic mass is 10.1. The Kier molecular flexibility index (Phi) is 4.50. The van der Waals surface area contributed by atoms with E-state index in [9.17, 15) is 0 Å². The van der Waals surface area contributed by atoms with E-state index in [0.717, 1.165) is 13.1 Å². The first-order chi connectivity index (χ1) is 7.02. The number of amidine groups is 1. The summed E-state index contributed by atoms with van der Waals surface area (Å²) in [6, 6.07) is 0.239. The molecule has 0 amide bonds. The monoisotopic (exact) mass is 215 g/mol. The van der Waals surface area contributed by atoms with Crippen LogP contribution in [-0.4, -0.2) is 53.8 Å². The highest BCUT2D eigenvalue weighted by atomic mass is 16.5. The van der Waals surface area contributed by atoms with Crippen LogP contribution in [0.3, 0.4) is 0 Å². The average molecular weight is 215 g/mol. The summed E-state index contributed by atoms with van der Waals surface area (Å²) < 4.78 is 5.54. The van der Waals surface area contributed by atoms with Crippen molar-refractivity contribution in [2.24, 2.45) is 5.73 Å². The number of aliphatic hydroxyl groups excluding tert-OH is 1. The molecule has 5 nitrogen and oxygen atoms in total. The van der Waals surface area contributed by atoms with Gasteiger partial charge in [0.25, 0.3) is 0 Å². The van der Waals surface area contributed by atoms with Crippen LogP contribution in [0, 0.1) is 5.41 Å². The van der Waals surface area contributed by atoms with Gasteiger partial charge in [-0.3, -0.25) is 10.3 Å². The smallest absolute Gasteiger partial charge is 0.0936 e. The van der Waals surface area contributed by atoms with E-state index in [-0.39, 0.29) is 30.7 Å². The van der Waals surface area contributed by atoms with Crippen LogP contribution in [0.1, 0.15) is 20.3 Å². The van der Waals surface area contributed by atoms with E-state index in [1.165, 1.54) is 0 Å². The fraction of sp³-hybridized carbons (Fsp3) is 0.900. The Labute approximate surface area is 90.7 Å². The Morgan fingerprint density at radius 1 is 1.67 bits per heavy atom. The first-order valence-electron chi connectivity index (χ1n) is 5.36. The molecule has 4 N–H and O–H groups in total. The quantitative estimate of drug-likeness (QED) is 0.447. The number of morpholine rings is 1. The summed E-state index contributed by atoms with van der Waals surface area (Å²) >= 11 is 0. The van der Waals surface area contributed by atoms with E-state index in [1.54, 1.807) is 0 Å². The fourth-order valence-corrected chi connectivity index (χ4v) is 1.99. The standard InChI is InChI=1S/C10H21N3O2/c1-7(3-10(11)12)13-4-8(2)15-9(5-13)6-14/h7-9,14H,3-6H2,1-2H3,(H3,11,12). The number of ether oxygens (including phenoxy) is 1. The second kappa shape index (κ2) is 5.44. The van der Waals surface area contributed by atoms with E-state index < -0.39 is 0 Å². The van der Waals surface area contributed by atoms with Gasteiger partial charge in [0.05, 0.1) is 24.7 Å². The molecule has 0 aromatic heterocycles. The van der Waals surface area contributed by atoms with Crippen molar-refractivity contribution in [2.45, 2.75) is 38.5 Å². The highest BCUT2D eigenvalue weighted by Gasteiger charge is 2.27. The van der Waals surface area contributed by atoms with E-state index in [2.05, 4.69) is 4.90 Å². The van der Waals surface area contributed by atoms with Crippen LogP contribution in [0.4, 0.5) is 0 Å². The minimum atomic E-state index is -0.108. The highest BCUT2D eigenvalue weighted by molar-refractivity contribution is 5.77. The number of hydrogen-bond acceptors (Lipinski definition) is 4. The Morgan fingerprint density at radius 3 is 2.87 bits per heavy atom. The third-order valence-electron chi connectivity index (χ3n) is 2.70. The van der Waals surface area contributed by atoms with Crippen LogP contribution in [0.25, 0.3) is 0 Å². The minimum absolute atomic E-state index is 0.0492. The molecule has 88 valence electrons. The summed E-state index contributed by atoms with van der Waals surface area (Å²) in [6.45, 7) is 5.65. The molecule has 0 radical (unpaired) electrons. The summed E-state index contributed by atoms with van der Waals surface area (Å²) in [5, 5.41) is 16.3. The first kappa shape index (κ1) is 12.4. The molecule has 1 rings (SSSR count). The zero-order valence-electron chi connectivity index (χ0n) is 9.44. The SMILES string of the molecule is CC1CN(C(C)CC(=N)N)CC(CO)O1. The van der Waals surface area contributed by atoms with Gasteiger partial charge in [0.1, 0.15) is 0 Å². The summed E-state index contributed by atoms with van der Waals surface area (Å²) in [7, 11) is 0. The fourth-order valence-electron chi connectivity index (χ4n) is 1.99. The largest absolute Gasteiger partial charge is 0.394 e. The molecule has 0 aromatic carbocycles. The van der Waals surface area contributed by atoms with Gasteiger partial charge in [-0.2, -0.15) is 0 Å². The molecular weight excluding hydrogens is 194 g/mol. The van der Waals surface area contributed by atoms with Gasteiger partial charge in [0.15, 0.2) is 0 Å². The lowest BCUT2D eigenvalue weighted by Gasteiger charge is -2.39. The molecule has 0 bridgehead atoms. The van der Waals surface area contributed by atoms with Crippen LogP contribution in [0.5, 0.6) is 0 Å². The van der Waals surface area contributed by atoms with Crippen molar-refractivity contribution in [3.8, 4) is 0 Å². The van der Waals surface area contributed by atoms with Gasteiger partial charge in [-0.25, -0.2) is 0 Å². The third-order valence-corrected chi connectivity index (χ3v) is 2.70. The summed E-state index contributed by atoms with van der Waals surface area (Å²) in [5.41, 5.74) is 5.38. The number of aliphatic hydroxyl groups is 1. The van der Waals surface area contributed by atoms with Crippen LogP contribution >= 0.6 is 0 Å². The predicted molar refractivity (Wildman–Crippen MR) is 59.0 cm³/mol. The van der Waals surface area contributed by atoms with Crippen molar-refractivity contribution in [2.75, 3.05) is 19.7 Å². The molecule has 1 heterocycles. The van der Waals surface area contributed by atoms with E-state index in [4.69, 9.17) is 21.0 Å². The molecule has 15 heavy (non-hydrogen) atoms. The lowest BCUT2D eigenvalue weighted by molar-refractivity contribution is -0.103. The molecule has 0 spiro atoms. The topological polar surface area (TPSA) is 82.6 Å². The molecular formula is C10H21N3O2. The molecule has 1 saturated heterocycles. The maximum Gasteiger partial charge on any atom is 0.0936 e. The molecule has 1 aliphatic rings. The maximum absolute atomic E-state index is 9.07. The number of nitrogens with one attached hydrogen (secondary N) is 1. The van der Waals surface area contributed by atoms with E-state index >= 15 is 0 Å². The molecule has 1 fully saturated rings. The molecule has 0 saturated carbocycles. The predicted octanol–water partition coefficient (Wildman–Crippen LogP) is -0.217. The maximum atomic E-state index is 9.07. The summed E-state index contributed by atoms with van der Waals surface area (Å²) in [5.74, 6) is 0.210.